The number of nitro benzene ring substituents is 1. The van der Waals surface area contributed by atoms with Crippen molar-refractivity contribution in [3.8, 4) is 0 Å². The number of H-pyrrole nitrogens is 1. The number of non-ortho nitro benzene ring substituents is 1. The number of hydrogen-bond acceptors (Lipinski definition) is 7. The Labute approximate surface area is 237 Å². The number of aromatic amines is 1. The number of aromatic nitrogens is 1. The van der Waals surface area contributed by atoms with Crippen LogP contribution in [0.4, 0.5) is 11.4 Å². The molecule has 0 saturated heterocycles. The number of aliphatic hydroxyl groups excluding tert-OH is 1. The molecule has 4 rings (SSSR count). The first-order valence-electron chi connectivity index (χ1n) is 13.3. The fourth-order valence-electron chi connectivity index (χ4n) is 4.90. The van der Waals surface area contributed by atoms with E-state index in [0.717, 1.165) is 16.5 Å². The molecule has 1 amide bonds. The molecule has 0 saturated carbocycles. The summed E-state index contributed by atoms with van der Waals surface area (Å²) in [6.07, 6.45) is 1.59. The van der Waals surface area contributed by atoms with E-state index >= 15 is 0 Å². The Bertz CT molecular complexity index is 1600. The molecule has 1 heterocycles. The highest BCUT2D eigenvalue weighted by molar-refractivity contribution is 5.89. The summed E-state index contributed by atoms with van der Waals surface area (Å²) >= 11 is 0. The number of ether oxygens (including phenoxy) is 1. The Hall–Kier alpha value is -4.54. The number of benzene rings is 3. The third-order valence-corrected chi connectivity index (χ3v) is 7.14. The number of methoxy groups -OCH3 is 1. The van der Waals surface area contributed by atoms with Gasteiger partial charge in [-0.3, -0.25) is 19.7 Å². The molecule has 3 aromatic carbocycles. The average molecular weight is 559 g/mol. The van der Waals surface area contributed by atoms with E-state index < -0.39 is 11.0 Å². The third kappa shape index (κ3) is 6.97. The van der Waals surface area contributed by atoms with Gasteiger partial charge < -0.3 is 25.0 Å². The maximum atomic E-state index is 14.3. The van der Waals surface area contributed by atoms with Crippen LogP contribution >= 0.6 is 0 Å². The lowest BCUT2D eigenvalue weighted by atomic mass is 9.93. The Balaban J connectivity index is 1.75. The highest BCUT2D eigenvalue weighted by Gasteiger charge is 2.27. The third-order valence-electron chi connectivity index (χ3n) is 7.14. The van der Waals surface area contributed by atoms with Crippen molar-refractivity contribution < 1.29 is 19.6 Å². The molecule has 0 aliphatic rings. The number of anilines is 1. The van der Waals surface area contributed by atoms with Crippen LogP contribution in [0.3, 0.4) is 0 Å². The van der Waals surface area contributed by atoms with E-state index in [1.165, 1.54) is 12.1 Å². The second-order valence-electron chi connectivity index (χ2n) is 10.1. The summed E-state index contributed by atoms with van der Waals surface area (Å²) in [5.74, 6) is -0.330. The van der Waals surface area contributed by atoms with Crippen molar-refractivity contribution in [1.82, 2.24) is 9.88 Å². The zero-order chi connectivity index (χ0) is 29.5. The number of amides is 1. The van der Waals surface area contributed by atoms with E-state index in [2.05, 4.69) is 10.3 Å². The zero-order valence-electron chi connectivity index (χ0n) is 23.3. The summed E-state index contributed by atoms with van der Waals surface area (Å²) in [5.41, 5.74) is 3.52. The Morgan fingerprint density at radius 3 is 2.66 bits per heavy atom. The van der Waals surface area contributed by atoms with Gasteiger partial charge in [0.05, 0.1) is 11.5 Å². The van der Waals surface area contributed by atoms with Crippen LogP contribution in [0.15, 0.2) is 77.7 Å². The van der Waals surface area contributed by atoms with Gasteiger partial charge in [0.2, 0.25) is 5.91 Å². The largest absolute Gasteiger partial charge is 0.396 e. The fraction of sp³-hybridized carbons (Fsp3) is 0.290. The van der Waals surface area contributed by atoms with Gasteiger partial charge in [-0.1, -0.05) is 43.3 Å². The first-order valence-corrected chi connectivity index (χ1v) is 13.3. The number of rotatable bonds is 12. The number of aryl methyl sites for hydroxylation is 1. The van der Waals surface area contributed by atoms with Gasteiger partial charge in [-0.15, -0.1) is 0 Å². The lowest BCUT2D eigenvalue weighted by Gasteiger charge is -2.29. The van der Waals surface area contributed by atoms with Crippen molar-refractivity contribution >= 4 is 28.1 Å². The van der Waals surface area contributed by atoms with Crippen LogP contribution in [0.5, 0.6) is 0 Å². The number of pyridine rings is 1. The molecule has 10 heteroatoms. The van der Waals surface area contributed by atoms with Crippen LogP contribution in [0.2, 0.25) is 0 Å². The van der Waals surface area contributed by atoms with Gasteiger partial charge in [-0.25, -0.2) is 0 Å². The number of nitrogens with one attached hydrogen (secondary N) is 2. The summed E-state index contributed by atoms with van der Waals surface area (Å²) < 4.78 is 5.28. The topological polar surface area (TPSA) is 138 Å². The molecule has 3 N–H and O–H groups in total. The summed E-state index contributed by atoms with van der Waals surface area (Å²) in [6.45, 7) is 4.53. The molecule has 1 aromatic heterocycles. The molecule has 2 atom stereocenters. The van der Waals surface area contributed by atoms with Gasteiger partial charge >= 0.3 is 0 Å². The van der Waals surface area contributed by atoms with Crippen molar-refractivity contribution in [3.05, 3.63) is 116 Å². The van der Waals surface area contributed by atoms with Crippen LogP contribution in [-0.4, -0.2) is 52.7 Å². The van der Waals surface area contributed by atoms with Crippen molar-refractivity contribution in [2.24, 2.45) is 0 Å². The summed E-state index contributed by atoms with van der Waals surface area (Å²) in [6, 6.07) is 18.2. The van der Waals surface area contributed by atoms with Gasteiger partial charge in [-0.05, 0) is 52.8 Å². The predicted octanol–water partition coefficient (Wildman–Crippen LogP) is 4.67. The molecule has 0 radical (unpaired) electrons. The molecule has 1 unspecified atom stereocenters. The van der Waals surface area contributed by atoms with Crippen molar-refractivity contribution in [3.63, 3.8) is 0 Å². The van der Waals surface area contributed by atoms with E-state index in [-0.39, 0.29) is 49.4 Å². The molecule has 4 aromatic rings. The van der Waals surface area contributed by atoms with E-state index in [0.29, 0.717) is 22.2 Å². The molecule has 10 nitrogen and oxygen atoms in total. The van der Waals surface area contributed by atoms with Crippen LogP contribution in [-0.2, 0) is 16.1 Å². The standard InChI is InChI=1S/C31H34N4O6/c1-20-15-24(8-10-27(20)21(2)19-36)29(33-25-9-7-23-11-12-32-30(37)28(23)17-25)31(38)34(13-14-41-3)18-22-5-4-6-26(16-22)35(39)40/h4-12,15-17,21,29,33,36H,13-14,18-19H2,1-3H3,(H,32,37)/t21-,29?/m0/s1. The first kappa shape index (κ1) is 29.4. The summed E-state index contributed by atoms with van der Waals surface area (Å²) in [5, 5.41) is 25.6. The van der Waals surface area contributed by atoms with E-state index in [1.807, 2.05) is 44.2 Å². The molecule has 0 spiro atoms. The quantitative estimate of drug-likeness (QED) is 0.170. The van der Waals surface area contributed by atoms with Gasteiger partial charge in [0, 0.05) is 62.1 Å². The van der Waals surface area contributed by atoms with E-state index in [9.17, 15) is 24.8 Å². The molecule has 0 aliphatic heterocycles. The lowest BCUT2D eigenvalue weighted by Crippen LogP contribution is -2.39. The minimum absolute atomic E-state index is 0.000436. The number of fused-ring (bicyclic) bond motifs is 1. The molecular formula is C31H34N4O6. The average Bonchev–Trinajstić information content (AvgIpc) is 2.97. The van der Waals surface area contributed by atoms with Crippen molar-refractivity contribution in [1.29, 1.82) is 0 Å². The lowest BCUT2D eigenvalue weighted by molar-refractivity contribution is -0.384. The maximum absolute atomic E-state index is 14.3. The number of nitro groups is 1. The van der Waals surface area contributed by atoms with Gasteiger partial charge in [0.25, 0.3) is 11.2 Å². The number of carbonyl (C=O) groups is 1. The Kier molecular flexibility index (Phi) is 9.49. The monoisotopic (exact) mass is 558 g/mol. The molecule has 0 fully saturated rings. The Morgan fingerprint density at radius 1 is 1.15 bits per heavy atom. The van der Waals surface area contributed by atoms with Crippen molar-refractivity contribution in [2.45, 2.75) is 32.4 Å². The van der Waals surface area contributed by atoms with Gasteiger partial charge in [0.15, 0.2) is 0 Å². The van der Waals surface area contributed by atoms with Gasteiger partial charge in [0.1, 0.15) is 6.04 Å². The molecule has 214 valence electrons. The minimum Gasteiger partial charge on any atom is -0.396 e. The van der Waals surface area contributed by atoms with E-state index in [4.69, 9.17) is 4.74 Å². The maximum Gasteiger partial charge on any atom is 0.269 e. The number of hydrogen-bond donors (Lipinski definition) is 3. The smallest absolute Gasteiger partial charge is 0.269 e. The van der Waals surface area contributed by atoms with Crippen molar-refractivity contribution in [2.75, 3.05) is 32.2 Å². The van der Waals surface area contributed by atoms with Crippen LogP contribution < -0.4 is 10.9 Å². The van der Waals surface area contributed by atoms with Crippen LogP contribution in [0.25, 0.3) is 10.8 Å². The van der Waals surface area contributed by atoms with Crippen LogP contribution in [0, 0.1) is 17.0 Å². The first-order chi connectivity index (χ1) is 19.7. The highest BCUT2D eigenvalue weighted by atomic mass is 16.6. The number of carbonyl (C=O) groups excluding carboxylic acids is 1. The molecular weight excluding hydrogens is 524 g/mol. The molecule has 0 aliphatic carbocycles. The number of aliphatic hydroxyl groups is 1. The Morgan fingerprint density at radius 2 is 1.95 bits per heavy atom. The predicted molar refractivity (Wildman–Crippen MR) is 158 cm³/mol. The minimum atomic E-state index is -0.844. The molecule has 0 bridgehead atoms. The number of nitrogens with zero attached hydrogens (tertiary/aromatic N) is 2. The van der Waals surface area contributed by atoms with E-state index in [1.54, 1.807) is 42.5 Å². The molecule has 41 heavy (non-hydrogen) atoms. The SMILES string of the molecule is COCCN(Cc1cccc([N+](=O)[O-])c1)C(=O)C(Nc1ccc2cc[nH]c(=O)c2c1)c1ccc([C@@H](C)CO)c(C)c1. The fourth-order valence-corrected chi connectivity index (χ4v) is 4.90. The second kappa shape index (κ2) is 13.2. The highest BCUT2D eigenvalue weighted by Crippen LogP contribution is 2.29. The summed E-state index contributed by atoms with van der Waals surface area (Å²) in [7, 11) is 1.54. The zero-order valence-corrected chi connectivity index (χ0v) is 23.3. The normalized spacial score (nSPS) is 12.6. The summed E-state index contributed by atoms with van der Waals surface area (Å²) in [4.78, 5) is 41.9. The second-order valence-corrected chi connectivity index (χ2v) is 10.1. The van der Waals surface area contributed by atoms with Gasteiger partial charge in [-0.2, -0.15) is 0 Å². The van der Waals surface area contributed by atoms with Crippen LogP contribution in [0.1, 0.15) is 41.1 Å².